The highest BCUT2D eigenvalue weighted by Gasteiger charge is 2.24. The summed E-state index contributed by atoms with van der Waals surface area (Å²) in [4.78, 5) is 15.6. The van der Waals surface area contributed by atoms with Crippen LogP contribution in [-0.2, 0) is 20.5 Å². The Morgan fingerprint density at radius 3 is 2.61 bits per heavy atom. The zero-order valence-corrected chi connectivity index (χ0v) is 13.4. The minimum atomic E-state index is 0.648. The maximum atomic E-state index is 4.47. The van der Waals surface area contributed by atoms with Crippen molar-refractivity contribution in [2.24, 2.45) is 20.0 Å². The van der Waals surface area contributed by atoms with Crippen molar-refractivity contribution in [2.45, 2.75) is 19.3 Å². The smallest absolute Gasteiger partial charge is 0.165 e. The van der Waals surface area contributed by atoms with Gasteiger partial charge in [0.1, 0.15) is 18.5 Å². The minimum absolute atomic E-state index is 0.648. The number of hydrogen-bond donors (Lipinski definition) is 0. The average molecular weight is 312 g/mol. The van der Waals surface area contributed by atoms with E-state index < -0.39 is 0 Å². The topological polar surface area (TPSA) is 77.6 Å². The Morgan fingerprint density at radius 1 is 1.04 bits per heavy atom. The predicted octanol–water partition coefficient (Wildman–Crippen LogP) is 0.951. The van der Waals surface area contributed by atoms with E-state index in [0.717, 1.165) is 55.2 Å². The molecule has 1 fully saturated rings. The lowest BCUT2D eigenvalue weighted by molar-refractivity contribution is 0.392. The van der Waals surface area contributed by atoms with Crippen LogP contribution in [0.1, 0.15) is 18.7 Å². The Bertz CT molecular complexity index is 812. The van der Waals surface area contributed by atoms with Crippen molar-refractivity contribution in [1.82, 2.24) is 34.3 Å². The van der Waals surface area contributed by atoms with Crippen LogP contribution in [0.25, 0.3) is 11.2 Å². The van der Waals surface area contributed by atoms with Gasteiger partial charge < -0.3 is 14.0 Å². The largest absolute Gasteiger partial charge is 0.355 e. The first-order chi connectivity index (χ1) is 11.2. The van der Waals surface area contributed by atoms with E-state index in [4.69, 9.17) is 0 Å². The highest BCUT2D eigenvalue weighted by molar-refractivity contribution is 5.83. The van der Waals surface area contributed by atoms with E-state index in [1.807, 2.05) is 23.2 Å². The van der Waals surface area contributed by atoms with Gasteiger partial charge in [0.25, 0.3) is 0 Å². The molecule has 0 spiro atoms. The maximum absolute atomic E-state index is 4.47. The number of imidazole rings is 1. The van der Waals surface area contributed by atoms with Gasteiger partial charge >= 0.3 is 0 Å². The molecule has 0 radical (unpaired) electrons. The highest BCUT2D eigenvalue weighted by Crippen LogP contribution is 2.27. The van der Waals surface area contributed by atoms with E-state index in [1.165, 1.54) is 0 Å². The van der Waals surface area contributed by atoms with Crippen LogP contribution in [0.5, 0.6) is 0 Å². The molecular weight excluding hydrogens is 292 g/mol. The number of hydrogen-bond acceptors (Lipinski definition) is 6. The zero-order chi connectivity index (χ0) is 15.8. The summed E-state index contributed by atoms with van der Waals surface area (Å²) in [5.74, 6) is 2.67. The van der Waals surface area contributed by atoms with E-state index in [1.54, 1.807) is 19.0 Å². The molecule has 0 aliphatic carbocycles. The van der Waals surface area contributed by atoms with Crippen molar-refractivity contribution in [3.63, 3.8) is 0 Å². The molecule has 0 saturated carbocycles. The molecule has 23 heavy (non-hydrogen) atoms. The second-order valence-corrected chi connectivity index (χ2v) is 6.22. The van der Waals surface area contributed by atoms with Crippen molar-refractivity contribution in [2.75, 3.05) is 18.0 Å². The third-order valence-electron chi connectivity index (χ3n) is 4.67. The third-order valence-corrected chi connectivity index (χ3v) is 4.67. The summed E-state index contributed by atoms with van der Waals surface area (Å²) in [6, 6.07) is 0. The van der Waals surface area contributed by atoms with Gasteiger partial charge in [0.2, 0.25) is 0 Å². The van der Waals surface area contributed by atoms with Crippen molar-refractivity contribution >= 4 is 17.0 Å². The van der Waals surface area contributed by atoms with Crippen LogP contribution in [-0.4, -0.2) is 47.4 Å². The van der Waals surface area contributed by atoms with Gasteiger partial charge in [0.05, 0.1) is 6.33 Å². The van der Waals surface area contributed by atoms with Crippen LogP contribution in [0.4, 0.5) is 5.82 Å². The molecule has 0 amide bonds. The first kappa shape index (κ1) is 14.1. The lowest BCUT2D eigenvalue weighted by atomic mass is 9.93. The minimum Gasteiger partial charge on any atom is -0.355 e. The Balaban J connectivity index is 1.48. The zero-order valence-electron chi connectivity index (χ0n) is 13.4. The second kappa shape index (κ2) is 5.60. The highest BCUT2D eigenvalue weighted by atomic mass is 15.3. The molecule has 120 valence electrons. The first-order valence-corrected chi connectivity index (χ1v) is 7.92. The molecule has 8 heteroatoms. The van der Waals surface area contributed by atoms with E-state index in [9.17, 15) is 0 Å². The molecule has 0 aromatic carbocycles. The quantitative estimate of drug-likeness (QED) is 0.716. The van der Waals surface area contributed by atoms with Gasteiger partial charge in [-0.25, -0.2) is 15.0 Å². The molecule has 8 nitrogen and oxygen atoms in total. The molecule has 0 unspecified atom stereocenters. The summed E-state index contributed by atoms with van der Waals surface area (Å²) in [6.07, 6.45) is 8.45. The standard InChI is InChI=1S/C15H20N8/c1-21-10-19-20-12(21)7-11-3-5-23(6-4-11)15-13-14(16-8-17-15)22(2)9-18-13/h8-11H,3-7H2,1-2H3. The average Bonchev–Trinajstić information content (AvgIpc) is 3.15. The number of piperidine rings is 1. The predicted molar refractivity (Wildman–Crippen MR) is 85.9 cm³/mol. The van der Waals surface area contributed by atoms with E-state index in [-0.39, 0.29) is 0 Å². The monoisotopic (exact) mass is 312 g/mol. The lowest BCUT2D eigenvalue weighted by Gasteiger charge is -2.32. The molecule has 4 rings (SSSR count). The SMILES string of the molecule is Cn1cnnc1CC1CCN(c2ncnc3c2ncn3C)CC1. The van der Waals surface area contributed by atoms with Crippen molar-refractivity contribution in [3.8, 4) is 0 Å². The van der Waals surface area contributed by atoms with Crippen molar-refractivity contribution < 1.29 is 0 Å². The van der Waals surface area contributed by atoms with Gasteiger partial charge in [-0.15, -0.1) is 10.2 Å². The summed E-state index contributed by atoms with van der Waals surface area (Å²) in [7, 11) is 3.96. The van der Waals surface area contributed by atoms with Gasteiger partial charge in [-0.2, -0.15) is 0 Å². The van der Waals surface area contributed by atoms with Gasteiger partial charge in [-0.05, 0) is 18.8 Å². The molecule has 0 bridgehead atoms. The number of aryl methyl sites for hydroxylation is 2. The van der Waals surface area contributed by atoms with Crippen LogP contribution in [0, 0.1) is 5.92 Å². The van der Waals surface area contributed by atoms with E-state index in [0.29, 0.717) is 5.92 Å². The van der Waals surface area contributed by atoms with Gasteiger partial charge in [-0.3, -0.25) is 0 Å². The summed E-state index contributed by atoms with van der Waals surface area (Å²) in [5, 5.41) is 8.16. The molecule has 4 heterocycles. The Labute approximate surface area is 134 Å². The van der Waals surface area contributed by atoms with Crippen LogP contribution in [0.15, 0.2) is 19.0 Å². The maximum Gasteiger partial charge on any atom is 0.165 e. The summed E-state index contributed by atoms with van der Waals surface area (Å²) >= 11 is 0. The van der Waals surface area contributed by atoms with Crippen LogP contribution < -0.4 is 4.90 Å². The fraction of sp³-hybridized carbons (Fsp3) is 0.533. The van der Waals surface area contributed by atoms with Crippen molar-refractivity contribution in [1.29, 1.82) is 0 Å². The number of rotatable bonds is 3. The molecule has 0 atom stereocenters. The Kier molecular flexibility index (Phi) is 3.44. The Hall–Kier alpha value is -2.51. The van der Waals surface area contributed by atoms with Gasteiger partial charge in [0, 0.05) is 33.6 Å². The number of nitrogens with zero attached hydrogens (tertiary/aromatic N) is 8. The Morgan fingerprint density at radius 2 is 1.87 bits per heavy atom. The summed E-state index contributed by atoms with van der Waals surface area (Å²) in [6.45, 7) is 1.98. The molecule has 1 saturated heterocycles. The number of aromatic nitrogens is 7. The van der Waals surface area contributed by atoms with E-state index in [2.05, 4.69) is 30.0 Å². The molecule has 3 aromatic heterocycles. The lowest BCUT2D eigenvalue weighted by Crippen LogP contribution is -2.35. The molecule has 0 N–H and O–H groups in total. The first-order valence-electron chi connectivity index (χ1n) is 7.92. The summed E-state index contributed by atoms with van der Waals surface area (Å²) < 4.78 is 3.94. The van der Waals surface area contributed by atoms with Gasteiger partial charge in [-0.1, -0.05) is 0 Å². The normalized spacial score (nSPS) is 16.3. The van der Waals surface area contributed by atoms with Gasteiger partial charge in [0.15, 0.2) is 17.0 Å². The van der Waals surface area contributed by atoms with Crippen molar-refractivity contribution in [3.05, 3.63) is 24.8 Å². The van der Waals surface area contributed by atoms with E-state index >= 15 is 0 Å². The molecular formula is C15H20N8. The third kappa shape index (κ3) is 2.54. The molecule has 1 aliphatic rings. The number of anilines is 1. The fourth-order valence-corrected chi connectivity index (χ4v) is 3.26. The number of fused-ring (bicyclic) bond motifs is 1. The van der Waals surface area contributed by atoms with Crippen LogP contribution in [0.3, 0.4) is 0 Å². The summed E-state index contributed by atoms with van der Waals surface area (Å²) in [5.41, 5.74) is 1.78. The van der Waals surface area contributed by atoms with Crippen LogP contribution >= 0.6 is 0 Å². The molecule has 3 aromatic rings. The molecule has 1 aliphatic heterocycles. The van der Waals surface area contributed by atoms with Crippen LogP contribution in [0.2, 0.25) is 0 Å². The fourth-order valence-electron chi connectivity index (χ4n) is 3.26. The second-order valence-electron chi connectivity index (χ2n) is 6.22.